The maximum absolute atomic E-state index is 9.19. The van der Waals surface area contributed by atoms with Crippen molar-refractivity contribution in [3.05, 3.63) is 0 Å². The van der Waals surface area contributed by atoms with Crippen LogP contribution in [0.5, 0.6) is 0 Å². The molecule has 15 heavy (non-hydrogen) atoms. The van der Waals surface area contributed by atoms with Gasteiger partial charge in [0.15, 0.2) is 0 Å². The molecule has 1 atom stereocenters. The quantitative estimate of drug-likeness (QED) is 0.621. The molecule has 2 aliphatic rings. The highest BCUT2D eigenvalue weighted by Gasteiger charge is 2.29. The lowest BCUT2D eigenvalue weighted by Crippen LogP contribution is -2.43. The summed E-state index contributed by atoms with van der Waals surface area (Å²) in [6.07, 6.45) is 5.68. The van der Waals surface area contributed by atoms with Crippen molar-refractivity contribution in [2.75, 3.05) is 33.3 Å². The van der Waals surface area contributed by atoms with Crippen LogP contribution in [0.2, 0.25) is 0 Å². The summed E-state index contributed by atoms with van der Waals surface area (Å²) in [7, 11) is 1.94. The fourth-order valence-electron chi connectivity index (χ4n) is 2.11. The van der Waals surface area contributed by atoms with Crippen molar-refractivity contribution >= 4 is 0 Å². The van der Waals surface area contributed by atoms with Crippen LogP contribution in [-0.2, 0) is 0 Å². The summed E-state index contributed by atoms with van der Waals surface area (Å²) in [5.41, 5.74) is 0. The Kier molecular flexibility index (Phi) is 4.00. The SMILES string of the molecule is CNC(CO)CN(CC1CC1)CC1CC1. The maximum atomic E-state index is 9.19. The number of hydrogen-bond donors (Lipinski definition) is 2. The summed E-state index contributed by atoms with van der Waals surface area (Å²) in [6, 6.07) is 0.252. The van der Waals surface area contributed by atoms with Crippen molar-refractivity contribution in [1.29, 1.82) is 0 Å². The van der Waals surface area contributed by atoms with Gasteiger partial charge in [0.05, 0.1) is 6.61 Å². The number of aliphatic hydroxyl groups excluding tert-OH is 1. The molecule has 0 heterocycles. The van der Waals surface area contributed by atoms with E-state index >= 15 is 0 Å². The molecule has 0 amide bonds. The van der Waals surface area contributed by atoms with Crippen LogP contribution in [0.1, 0.15) is 25.7 Å². The number of aliphatic hydroxyl groups is 1. The van der Waals surface area contributed by atoms with E-state index in [1.165, 1.54) is 38.8 Å². The third-order valence-corrected chi connectivity index (χ3v) is 3.53. The first-order valence-electron chi connectivity index (χ1n) is 6.32. The molecule has 0 saturated heterocycles. The van der Waals surface area contributed by atoms with Gasteiger partial charge >= 0.3 is 0 Å². The third-order valence-electron chi connectivity index (χ3n) is 3.53. The number of rotatable bonds is 8. The van der Waals surface area contributed by atoms with E-state index in [4.69, 9.17) is 0 Å². The Labute approximate surface area is 92.8 Å². The Morgan fingerprint density at radius 2 is 1.73 bits per heavy atom. The summed E-state index contributed by atoms with van der Waals surface area (Å²) in [4.78, 5) is 2.56. The van der Waals surface area contributed by atoms with Crippen LogP contribution in [0.3, 0.4) is 0 Å². The van der Waals surface area contributed by atoms with E-state index in [0.717, 1.165) is 18.4 Å². The van der Waals surface area contributed by atoms with Gasteiger partial charge in [0.25, 0.3) is 0 Å². The van der Waals surface area contributed by atoms with Crippen LogP contribution < -0.4 is 5.32 Å². The van der Waals surface area contributed by atoms with Gasteiger partial charge in [-0.1, -0.05) is 0 Å². The van der Waals surface area contributed by atoms with E-state index in [1.807, 2.05) is 7.05 Å². The first-order valence-corrected chi connectivity index (χ1v) is 6.32. The van der Waals surface area contributed by atoms with Crippen LogP contribution in [0.15, 0.2) is 0 Å². The van der Waals surface area contributed by atoms with Crippen molar-refractivity contribution in [2.24, 2.45) is 11.8 Å². The fraction of sp³-hybridized carbons (Fsp3) is 1.00. The minimum absolute atomic E-state index is 0.252. The smallest absolute Gasteiger partial charge is 0.0597 e. The molecule has 0 radical (unpaired) electrons. The molecule has 2 rings (SSSR count). The predicted octanol–water partition coefficient (Wildman–Crippen LogP) is 0.689. The lowest BCUT2D eigenvalue weighted by atomic mass is 10.2. The molecule has 2 saturated carbocycles. The van der Waals surface area contributed by atoms with Gasteiger partial charge in [0, 0.05) is 25.7 Å². The highest BCUT2D eigenvalue weighted by molar-refractivity contribution is 4.84. The molecular weight excluding hydrogens is 188 g/mol. The number of nitrogens with zero attached hydrogens (tertiary/aromatic N) is 1. The first kappa shape index (κ1) is 11.4. The topological polar surface area (TPSA) is 35.5 Å². The molecule has 0 aromatic heterocycles. The van der Waals surface area contributed by atoms with Gasteiger partial charge in [-0.15, -0.1) is 0 Å². The van der Waals surface area contributed by atoms with E-state index in [2.05, 4.69) is 10.2 Å². The number of likely N-dealkylation sites (N-methyl/N-ethyl adjacent to an activating group) is 1. The Morgan fingerprint density at radius 3 is 2.07 bits per heavy atom. The van der Waals surface area contributed by atoms with E-state index < -0.39 is 0 Å². The molecule has 2 N–H and O–H groups in total. The van der Waals surface area contributed by atoms with Gasteiger partial charge in [-0.2, -0.15) is 0 Å². The van der Waals surface area contributed by atoms with Gasteiger partial charge in [0.2, 0.25) is 0 Å². The van der Waals surface area contributed by atoms with E-state index in [1.54, 1.807) is 0 Å². The monoisotopic (exact) mass is 212 g/mol. The van der Waals surface area contributed by atoms with Gasteiger partial charge in [-0.05, 0) is 44.6 Å². The van der Waals surface area contributed by atoms with Crippen molar-refractivity contribution in [3.8, 4) is 0 Å². The van der Waals surface area contributed by atoms with Crippen LogP contribution in [0, 0.1) is 11.8 Å². The summed E-state index contributed by atoms with van der Waals surface area (Å²) in [6.45, 7) is 3.78. The molecule has 0 bridgehead atoms. The number of hydrogen-bond acceptors (Lipinski definition) is 3. The Bertz CT molecular complexity index is 172. The Balaban J connectivity index is 1.73. The zero-order chi connectivity index (χ0) is 10.7. The molecule has 2 fully saturated rings. The van der Waals surface area contributed by atoms with Gasteiger partial charge < -0.3 is 15.3 Å². The van der Waals surface area contributed by atoms with Crippen LogP contribution in [0.4, 0.5) is 0 Å². The van der Waals surface area contributed by atoms with E-state index in [-0.39, 0.29) is 12.6 Å². The van der Waals surface area contributed by atoms with Crippen molar-refractivity contribution in [2.45, 2.75) is 31.7 Å². The normalized spacial score (nSPS) is 23.4. The summed E-state index contributed by atoms with van der Waals surface area (Å²) < 4.78 is 0. The minimum atomic E-state index is 0.252. The largest absolute Gasteiger partial charge is 0.395 e. The number of nitrogens with one attached hydrogen (secondary N) is 1. The van der Waals surface area contributed by atoms with Crippen LogP contribution in [-0.4, -0.2) is 49.3 Å². The van der Waals surface area contributed by atoms with Gasteiger partial charge in [-0.25, -0.2) is 0 Å². The molecule has 1 unspecified atom stereocenters. The Hall–Kier alpha value is -0.120. The van der Waals surface area contributed by atoms with Crippen LogP contribution >= 0.6 is 0 Å². The molecule has 2 aliphatic carbocycles. The second-order valence-electron chi connectivity index (χ2n) is 5.27. The minimum Gasteiger partial charge on any atom is -0.395 e. The van der Waals surface area contributed by atoms with E-state index in [9.17, 15) is 5.11 Å². The second kappa shape index (κ2) is 5.28. The van der Waals surface area contributed by atoms with Crippen molar-refractivity contribution < 1.29 is 5.11 Å². The zero-order valence-electron chi connectivity index (χ0n) is 9.78. The Morgan fingerprint density at radius 1 is 1.20 bits per heavy atom. The highest BCUT2D eigenvalue weighted by atomic mass is 16.3. The second-order valence-corrected chi connectivity index (χ2v) is 5.27. The molecule has 0 aromatic carbocycles. The molecule has 0 aromatic rings. The molecule has 0 spiro atoms. The van der Waals surface area contributed by atoms with Crippen molar-refractivity contribution in [3.63, 3.8) is 0 Å². The molecule has 3 nitrogen and oxygen atoms in total. The zero-order valence-corrected chi connectivity index (χ0v) is 9.78. The lowest BCUT2D eigenvalue weighted by molar-refractivity contribution is 0.177. The standard InChI is InChI=1S/C12H24N2O/c1-13-12(9-15)8-14(6-10-2-3-10)7-11-4-5-11/h10-13,15H,2-9H2,1H3. The summed E-state index contributed by atoms with van der Waals surface area (Å²) >= 11 is 0. The predicted molar refractivity (Wildman–Crippen MR) is 61.8 cm³/mol. The first-order chi connectivity index (χ1) is 7.31. The summed E-state index contributed by atoms with van der Waals surface area (Å²) in [5, 5.41) is 12.4. The average Bonchev–Trinajstić information content (AvgIpc) is 3.09. The highest BCUT2D eigenvalue weighted by Crippen LogP contribution is 2.33. The molecule has 3 heteroatoms. The molecular formula is C12H24N2O. The van der Waals surface area contributed by atoms with Gasteiger partial charge in [-0.3, -0.25) is 0 Å². The van der Waals surface area contributed by atoms with Crippen molar-refractivity contribution in [1.82, 2.24) is 10.2 Å². The third kappa shape index (κ3) is 4.09. The fourth-order valence-corrected chi connectivity index (χ4v) is 2.11. The molecule has 0 aliphatic heterocycles. The molecule has 88 valence electrons. The summed E-state index contributed by atoms with van der Waals surface area (Å²) in [5.74, 6) is 1.92. The van der Waals surface area contributed by atoms with Gasteiger partial charge in [0.1, 0.15) is 0 Å². The lowest BCUT2D eigenvalue weighted by Gasteiger charge is -2.26. The average molecular weight is 212 g/mol. The maximum Gasteiger partial charge on any atom is 0.0597 e. The van der Waals surface area contributed by atoms with E-state index in [0.29, 0.717) is 0 Å². The van der Waals surface area contributed by atoms with Crippen LogP contribution in [0.25, 0.3) is 0 Å².